The average Bonchev–Trinajstić information content (AvgIpc) is 2.94. The molecule has 0 saturated carbocycles. The van der Waals surface area contributed by atoms with Crippen molar-refractivity contribution in [2.75, 3.05) is 12.4 Å². The second-order valence-corrected chi connectivity index (χ2v) is 8.25. The van der Waals surface area contributed by atoms with E-state index in [-0.39, 0.29) is 10.7 Å². The largest absolute Gasteiger partial charge is 0.354 e. The summed E-state index contributed by atoms with van der Waals surface area (Å²) in [5, 5.41) is 2.71. The Kier molecular flexibility index (Phi) is 4.72. The monoisotopic (exact) mass is 375 g/mol. The number of benzene rings is 1. The van der Waals surface area contributed by atoms with Crippen molar-refractivity contribution in [1.82, 2.24) is 9.71 Å². The summed E-state index contributed by atoms with van der Waals surface area (Å²) >= 11 is 0. The highest BCUT2D eigenvalue weighted by Crippen LogP contribution is 2.27. The lowest BCUT2D eigenvalue weighted by atomic mass is 9.94. The van der Waals surface area contributed by atoms with Crippen LogP contribution in [0.2, 0.25) is 0 Å². The lowest BCUT2D eigenvalue weighted by Gasteiger charge is -2.10. The van der Waals surface area contributed by atoms with Crippen LogP contribution in [-0.4, -0.2) is 32.1 Å². The van der Waals surface area contributed by atoms with Gasteiger partial charge in [-0.3, -0.25) is 9.59 Å². The standard InChI is InChI=1S/C18H21N3O4S/c1-10-7-8-12(9-15(10)26(24,25)19-3)20-18(23)17-11(2)16-13(21-17)5-4-6-14(16)22/h7-9,19,21H,4-6H2,1-3H3,(H,20,23). The Balaban J connectivity index is 1.92. The van der Waals surface area contributed by atoms with E-state index in [0.29, 0.717) is 34.5 Å². The fourth-order valence-electron chi connectivity index (χ4n) is 3.27. The molecular weight excluding hydrogens is 354 g/mol. The van der Waals surface area contributed by atoms with Crippen molar-refractivity contribution < 1.29 is 18.0 Å². The van der Waals surface area contributed by atoms with Crippen LogP contribution < -0.4 is 10.0 Å². The molecule has 26 heavy (non-hydrogen) atoms. The van der Waals surface area contributed by atoms with Crippen molar-refractivity contribution in [2.24, 2.45) is 0 Å². The molecule has 0 spiro atoms. The summed E-state index contributed by atoms with van der Waals surface area (Å²) in [6.45, 7) is 3.43. The van der Waals surface area contributed by atoms with Gasteiger partial charge in [0.1, 0.15) is 5.69 Å². The Labute approximate surface area is 152 Å². The highest BCUT2D eigenvalue weighted by molar-refractivity contribution is 7.89. The zero-order valence-electron chi connectivity index (χ0n) is 14.9. The maximum Gasteiger partial charge on any atom is 0.272 e. The molecule has 1 aliphatic rings. The molecule has 3 N–H and O–H groups in total. The Bertz CT molecular complexity index is 1010. The lowest BCUT2D eigenvalue weighted by Crippen LogP contribution is -2.20. The Morgan fingerprint density at radius 2 is 1.92 bits per heavy atom. The van der Waals surface area contributed by atoms with Gasteiger partial charge in [0.25, 0.3) is 5.91 Å². The number of sulfonamides is 1. The van der Waals surface area contributed by atoms with E-state index in [1.165, 1.54) is 13.1 Å². The van der Waals surface area contributed by atoms with Gasteiger partial charge in [-0.1, -0.05) is 6.07 Å². The van der Waals surface area contributed by atoms with Gasteiger partial charge in [-0.05, 0) is 57.0 Å². The first-order chi connectivity index (χ1) is 12.2. The summed E-state index contributed by atoms with van der Waals surface area (Å²) in [6.07, 6.45) is 2.01. The van der Waals surface area contributed by atoms with Crippen molar-refractivity contribution >= 4 is 27.4 Å². The average molecular weight is 375 g/mol. The van der Waals surface area contributed by atoms with Gasteiger partial charge in [0, 0.05) is 23.4 Å². The third-order valence-electron chi connectivity index (χ3n) is 4.67. The number of aryl methyl sites for hydroxylation is 2. The summed E-state index contributed by atoms with van der Waals surface area (Å²) in [5.41, 5.74) is 3.33. The van der Waals surface area contributed by atoms with E-state index < -0.39 is 15.9 Å². The number of hydrogen-bond donors (Lipinski definition) is 3. The summed E-state index contributed by atoms with van der Waals surface area (Å²) in [5.74, 6) is -0.349. The minimum Gasteiger partial charge on any atom is -0.354 e. The lowest BCUT2D eigenvalue weighted by molar-refractivity contribution is 0.0971. The van der Waals surface area contributed by atoms with Crippen molar-refractivity contribution in [1.29, 1.82) is 0 Å². The summed E-state index contributed by atoms with van der Waals surface area (Å²) in [6, 6.07) is 4.70. The van der Waals surface area contributed by atoms with E-state index >= 15 is 0 Å². The molecule has 0 bridgehead atoms. The van der Waals surface area contributed by atoms with Crippen LogP contribution >= 0.6 is 0 Å². The first-order valence-electron chi connectivity index (χ1n) is 8.34. The zero-order valence-corrected chi connectivity index (χ0v) is 15.7. The topological polar surface area (TPSA) is 108 Å². The van der Waals surface area contributed by atoms with Gasteiger partial charge in [-0.2, -0.15) is 0 Å². The second kappa shape index (κ2) is 6.69. The van der Waals surface area contributed by atoms with E-state index in [1.54, 1.807) is 26.0 Å². The fourth-order valence-corrected chi connectivity index (χ4v) is 4.27. The molecule has 0 saturated heterocycles. The molecule has 1 heterocycles. The molecule has 1 aromatic carbocycles. The number of fused-ring (bicyclic) bond motifs is 1. The minimum absolute atomic E-state index is 0.0526. The fraction of sp³-hybridized carbons (Fsp3) is 0.333. The molecule has 7 nitrogen and oxygen atoms in total. The highest BCUT2D eigenvalue weighted by atomic mass is 32.2. The molecule has 0 radical (unpaired) electrons. The smallest absolute Gasteiger partial charge is 0.272 e. The number of aromatic amines is 1. The normalized spacial score (nSPS) is 14.2. The quantitative estimate of drug-likeness (QED) is 0.762. The number of nitrogens with one attached hydrogen (secondary N) is 3. The van der Waals surface area contributed by atoms with Crippen LogP contribution in [0.15, 0.2) is 23.1 Å². The molecule has 8 heteroatoms. The SMILES string of the molecule is CNS(=O)(=O)c1cc(NC(=O)c2[nH]c3c(c2C)C(=O)CCC3)ccc1C. The number of amides is 1. The van der Waals surface area contributed by atoms with Gasteiger partial charge >= 0.3 is 0 Å². The summed E-state index contributed by atoms with van der Waals surface area (Å²) in [4.78, 5) is 27.9. The number of carbonyl (C=O) groups excluding carboxylic acids is 2. The van der Waals surface area contributed by atoms with Crippen LogP contribution in [0.1, 0.15) is 50.5 Å². The predicted molar refractivity (Wildman–Crippen MR) is 98.2 cm³/mol. The molecule has 0 fully saturated rings. The number of anilines is 1. The molecular formula is C18H21N3O4S. The first kappa shape index (κ1) is 18.3. The number of ketones is 1. The summed E-state index contributed by atoms with van der Waals surface area (Å²) < 4.78 is 26.4. The van der Waals surface area contributed by atoms with E-state index in [0.717, 1.165) is 18.5 Å². The van der Waals surface area contributed by atoms with Crippen LogP contribution in [-0.2, 0) is 16.4 Å². The molecule has 0 aliphatic heterocycles. The summed E-state index contributed by atoms with van der Waals surface area (Å²) in [7, 11) is -2.29. The molecule has 138 valence electrons. The maximum atomic E-state index is 12.7. The highest BCUT2D eigenvalue weighted by Gasteiger charge is 2.26. The number of rotatable bonds is 4. The Morgan fingerprint density at radius 3 is 2.58 bits per heavy atom. The number of Topliss-reactive ketones (excluding diaryl/α,β-unsaturated/α-hetero) is 1. The zero-order chi connectivity index (χ0) is 19.1. The van der Waals surface area contributed by atoms with Gasteiger partial charge < -0.3 is 10.3 Å². The van der Waals surface area contributed by atoms with Gasteiger partial charge in [0.15, 0.2) is 5.78 Å². The maximum absolute atomic E-state index is 12.7. The third-order valence-corrected chi connectivity index (χ3v) is 6.22. The Morgan fingerprint density at radius 1 is 1.19 bits per heavy atom. The van der Waals surface area contributed by atoms with Crippen molar-refractivity contribution in [3.8, 4) is 0 Å². The van der Waals surface area contributed by atoms with Crippen LogP contribution in [0.4, 0.5) is 5.69 Å². The molecule has 2 aromatic rings. The molecule has 1 aliphatic carbocycles. The Hall–Kier alpha value is -2.45. The third kappa shape index (κ3) is 3.17. The van der Waals surface area contributed by atoms with E-state index in [2.05, 4.69) is 15.0 Å². The van der Waals surface area contributed by atoms with Crippen molar-refractivity contribution in [3.05, 3.63) is 46.3 Å². The second-order valence-electron chi connectivity index (χ2n) is 6.40. The van der Waals surface area contributed by atoms with Gasteiger partial charge in [-0.15, -0.1) is 0 Å². The number of aromatic nitrogens is 1. The molecule has 1 amide bonds. The minimum atomic E-state index is -3.62. The van der Waals surface area contributed by atoms with Crippen LogP contribution in [0, 0.1) is 13.8 Å². The van der Waals surface area contributed by atoms with Crippen molar-refractivity contribution in [2.45, 2.75) is 38.0 Å². The van der Waals surface area contributed by atoms with Gasteiger partial charge in [-0.25, -0.2) is 13.1 Å². The number of carbonyl (C=O) groups is 2. The molecule has 1 aromatic heterocycles. The predicted octanol–water partition coefficient (Wildman–Crippen LogP) is 2.31. The van der Waals surface area contributed by atoms with Crippen LogP contribution in [0.5, 0.6) is 0 Å². The van der Waals surface area contributed by atoms with Crippen LogP contribution in [0.3, 0.4) is 0 Å². The van der Waals surface area contributed by atoms with E-state index in [9.17, 15) is 18.0 Å². The van der Waals surface area contributed by atoms with Gasteiger partial charge in [0.05, 0.1) is 4.90 Å². The molecule has 0 atom stereocenters. The number of H-pyrrole nitrogens is 1. The van der Waals surface area contributed by atoms with E-state index in [4.69, 9.17) is 0 Å². The number of hydrogen-bond acceptors (Lipinski definition) is 4. The van der Waals surface area contributed by atoms with E-state index in [1.807, 2.05) is 0 Å². The van der Waals surface area contributed by atoms with Gasteiger partial charge in [0.2, 0.25) is 10.0 Å². The molecule has 0 unspecified atom stereocenters. The van der Waals surface area contributed by atoms with Crippen molar-refractivity contribution in [3.63, 3.8) is 0 Å². The molecule has 3 rings (SSSR count). The van der Waals surface area contributed by atoms with Crippen LogP contribution in [0.25, 0.3) is 0 Å². The first-order valence-corrected chi connectivity index (χ1v) is 9.83.